The molecule has 1 aromatic heterocycles. The Hall–Kier alpha value is -3.75. The van der Waals surface area contributed by atoms with E-state index in [-0.39, 0.29) is 12.3 Å². The average molecular weight is 447 g/mol. The van der Waals surface area contributed by atoms with Crippen LogP contribution in [0.1, 0.15) is 22.6 Å². The molecule has 0 bridgehead atoms. The van der Waals surface area contributed by atoms with Gasteiger partial charge in [-0.15, -0.1) is 0 Å². The first-order chi connectivity index (χ1) is 16.0. The molecule has 0 spiro atoms. The molecule has 33 heavy (non-hydrogen) atoms. The summed E-state index contributed by atoms with van der Waals surface area (Å²) in [6.07, 6.45) is 0.306. The van der Waals surface area contributed by atoms with Crippen molar-refractivity contribution in [2.24, 2.45) is 5.92 Å². The van der Waals surface area contributed by atoms with Crippen LogP contribution in [0.4, 0.5) is 5.82 Å². The van der Waals surface area contributed by atoms with Gasteiger partial charge < -0.3 is 15.9 Å². The number of aliphatic hydroxyl groups excluding tert-OH is 1. The summed E-state index contributed by atoms with van der Waals surface area (Å²) < 4.78 is 0. The molecule has 1 saturated heterocycles. The van der Waals surface area contributed by atoms with Gasteiger partial charge in [0.1, 0.15) is 11.9 Å². The quantitative estimate of drug-likeness (QED) is 0.291. The molecule has 0 radical (unpaired) electrons. The van der Waals surface area contributed by atoms with Crippen molar-refractivity contribution in [1.82, 2.24) is 15.2 Å². The largest absolute Gasteiger partial charge is 0.480 e. The van der Waals surface area contributed by atoms with Crippen LogP contribution in [0.5, 0.6) is 0 Å². The van der Waals surface area contributed by atoms with Crippen molar-refractivity contribution in [3.05, 3.63) is 95.7 Å². The van der Waals surface area contributed by atoms with Gasteiger partial charge in [-0.3, -0.25) is 15.0 Å². The number of pyridine rings is 1. The zero-order valence-corrected chi connectivity index (χ0v) is 17.9. The second-order valence-electron chi connectivity index (χ2n) is 8.08. The van der Waals surface area contributed by atoms with Crippen LogP contribution in [-0.2, 0) is 16.0 Å². The Kier molecular flexibility index (Phi) is 6.67. The minimum absolute atomic E-state index is 0.0858. The number of anilines is 1. The van der Waals surface area contributed by atoms with E-state index in [0.717, 1.165) is 21.6 Å². The second-order valence-corrected chi connectivity index (χ2v) is 8.08. The summed E-state index contributed by atoms with van der Waals surface area (Å²) in [4.78, 5) is 29.6. The number of hydrogen-bond acceptors (Lipinski definition) is 6. The smallest absolute Gasteiger partial charge is 0.327 e. The predicted molar refractivity (Wildman–Crippen MR) is 123 cm³/mol. The topological polar surface area (TPSA) is 129 Å². The molecule has 2 heterocycles. The number of benzene rings is 2. The highest BCUT2D eigenvalue weighted by atomic mass is 16.4. The Morgan fingerprint density at radius 3 is 2.21 bits per heavy atom. The summed E-state index contributed by atoms with van der Waals surface area (Å²) in [7, 11) is 0. The van der Waals surface area contributed by atoms with Crippen molar-refractivity contribution in [1.29, 1.82) is 0 Å². The second kappa shape index (κ2) is 9.81. The zero-order valence-electron chi connectivity index (χ0n) is 17.9. The van der Waals surface area contributed by atoms with E-state index in [9.17, 15) is 19.8 Å². The number of nitrogens with one attached hydrogen (secondary N) is 1. The van der Waals surface area contributed by atoms with E-state index in [1.54, 1.807) is 12.1 Å². The van der Waals surface area contributed by atoms with Crippen LogP contribution in [-0.4, -0.2) is 50.9 Å². The monoisotopic (exact) mass is 446 g/mol. The molecule has 1 aliphatic heterocycles. The van der Waals surface area contributed by atoms with Gasteiger partial charge in [0.25, 0.3) is 0 Å². The van der Waals surface area contributed by atoms with Gasteiger partial charge in [0, 0.05) is 18.7 Å². The van der Waals surface area contributed by atoms with E-state index in [1.165, 1.54) is 6.20 Å². The lowest BCUT2D eigenvalue weighted by Gasteiger charge is -2.47. The molecule has 3 aromatic rings. The highest BCUT2D eigenvalue weighted by Crippen LogP contribution is 2.32. The van der Waals surface area contributed by atoms with Gasteiger partial charge in [-0.1, -0.05) is 60.7 Å². The molecular weight excluding hydrogens is 420 g/mol. The molecule has 5 N–H and O–H groups in total. The molecule has 2 aromatic carbocycles. The fraction of sp³-hybridized carbons (Fsp3) is 0.240. The zero-order chi connectivity index (χ0) is 23.4. The van der Waals surface area contributed by atoms with E-state index in [0.29, 0.717) is 12.4 Å². The number of nitrogen functional groups attached to an aromatic ring is 1. The first kappa shape index (κ1) is 22.4. The standard InChI is InChI=1S/C25H26N4O4/c26-21-14-16(11-12-27-21)13-19-22(24(31)32)29(23(19)30)25(33)28-15-20(17-7-3-1-4-8-17)18-9-5-2-6-10-18/h1-12,14,19-20,22,25,28,33H,13,15H2,(H2,26,27)(H,31,32). The molecule has 170 valence electrons. The summed E-state index contributed by atoms with van der Waals surface area (Å²) in [5.74, 6) is -2.14. The lowest BCUT2D eigenvalue weighted by Crippen LogP contribution is -2.70. The molecule has 1 fully saturated rings. The van der Waals surface area contributed by atoms with E-state index < -0.39 is 30.2 Å². The molecule has 0 saturated carbocycles. The first-order valence-corrected chi connectivity index (χ1v) is 10.7. The minimum atomic E-state index is -1.42. The Bertz CT molecular complexity index is 1070. The fourth-order valence-corrected chi connectivity index (χ4v) is 4.33. The average Bonchev–Trinajstić information content (AvgIpc) is 2.82. The lowest BCUT2D eigenvalue weighted by atomic mass is 9.82. The van der Waals surface area contributed by atoms with Gasteiger partial charge in [-0.2, -0.15) is 0 Å². The van der Waals surface area contributed by atoms with Gasteiger partial charge >= 0.3 is 5.97 Å². The Morgan fingerprint density at radius 2 is 1.67 bits per heavy atom. The van der Waals surface area contributed by atoms with E-state index in [4.69, 9.17) is 5.73 Å². The van der Waals surface area contributed by atoms with Crippen molar-refractivity contribution in [3.63, 3.8) is 0 Å². The van der Waals surface area contributed by atoms with Gasteiger partial charge in [0.05, 0.1) is 5.92 Å². The summed E-state index contributed by atoms with van der Waals surface area (Å²) in [5, 5.41) is 23.4. The van der Waals surface area contributed by atoms with Gasteiger partial charge in [0.15, 0.2) is 6.35 Å². The lowest BCUT2D eigenvalue weighted by molar-refractivity contribution is -0.190. The number of β-lactam (4-membered cyclic amide) rings is 1. The number of aliphatic carboxylic acids is 1. The number of nitrogens with two attached hydrogens (primary N) is 1. The molecule has 3 atom stereocenters. The molecule has 8 nitrogen and oxygen atoms in total. The number of amides is 1. The van der Waals surface area contributed by atoms with E-state index in [1.807, 2.05) is 60.7 Å². The Morgan fingerprint density at radius 1 is 1.06 bits per heavy atom. The first-order valence-electron chi connectivity index (χ1n) is 10.7. The third kappa shape index (κ3) is 4.87. The number of aromatic nitrogens is 1. The number of carbonyl (C=O) groups excluding carboxylic acids is 1. The molecule has 1 aliphatic rings. The molecule has 0 aliphatic carbocycles. The summed E-state index contributed by atoms with van der Waals surface area (Å²) in [5.41, 5.74) is 8.50. The minimum Gasteiger partial charge on any atom is -0.480 e. The third-order valence-corrected chi connectivity index (χ3v) is 5.98. The summed E-state index contributed by atoms with van der Waals surface area (Å²) in [6, 6.07) is 21.8. The van der Waals surface area contributed by atoms with Crippen LogP contribution in [0.2, 0.25) is 0 Å². The van der Waals surface area contributed by atoms with Crippen LogP contribution < -0.4 is 11.1 Å². The number of carbonyl (C=O) groups is 2. The van der Waals surface area contributed by atoms with E-state index >= 15 is 0 Å². The number of nitrogens with zero attached hydrogens (tertiary/aromatic N) is 2. The summed E-state index contributed by atoms with van der Waals surface area (Å²) >= 11 is 0. The third-order valence-electron chi connectivity index (χ3n) is 5.98. The van der Waals surface area contributed by atoms with Crippen molar-refractivity contribution >= 4 is 17.7 Å². The van der Waals surface area contributed by atoms with Crippen molar-refractivity contribution in [3.8, 4) is 0 Å². The number of hydrogen-bond donors (Lipinski definition) is 4. The Labute approximate surface area is 191 Å². The van der Waals surface area contributed by atoms with Gasteiger partial charge in [0.2, 0.25) is 5.91 Å². The molecule has 1 amide bonds. The maximum Gasteiger partial charge on any atom is 0.327 e. The van der Waals surface area contributed by atoms with Crippen LogP contribution in [0.25, 0.3) is 0 Å². The molecule has 3 unspecified atom stereocenters. The fourth-order valence-electron chi connectivity index (χ4n) is 4.33. The Balaban J connectivity index is 1.47. The number of carboxylic acids is 1. The van der Waals surface area contributed by atoms with Crippen LogP contribution in [0, 0.1) is 5.92 Å². The van der Waals surface area contributed by atoms with Gasteiger partial charge in [-0.25, -0.2) is 9.78 Å². The molecule has 8 heteroatoms. The SMILES string of the molecule is Nc1cc(CC2C(=O)N(C(O)NCC(c3ccccc3)c3ccccc3)C2C(=O)O)ccn1. The van der Waals surface area contributed by atoms with Crippen molar-refractivity contribution in [2.45, 2.75) is 24.7 Å². The highest BCUT2D eigenvalue weighted by molar-refractivity contribution is 5.96. The van der Waals surface area contributed by atoms with Crippen molar-refractivity contribution in [2.75, 3.05) is 12.3 Å². The maximum absolute atomic E-state index is 12.8. The number of aliphatic hydroxyl groups is 1. The molecular formula is C25H26N4O4. The van der Waals surface area contributed by atoms with E-state index in [2.05, 4.69) is 10.3 Å². The normalized spacial score (nSPS) is 18.7. The maximum atomic E-state index is 12.8. The van der Waals surface area contributed by atoms with Gasteiger partial charge in [-0.05, 0) is 35.2 Å². The van der Waals surface area contributed by atoms with Crippen LogP contribution >= 0.6 is 0 Å². The summed E-state index contributed by atoms with van der Waals surface area (Å²) in [6.45, 7) is 0.316. The number of rotatable bonds is 9. The predicted octanol–water partition coefficient (Wildman–Crippen LogP) is 1.82. The van der Waals surface area contributed by atoms with Crippen LogP contribution in [0.15, 0.2) is 79.0 Å². The number of carboxylic acid groups (broad SMARTS) is 1. The highest BCUT2D eigenvalue weighted by Gasteiger charge is 2.54. The van der Waals surface area contributed by atoms with Crippen LogP contribution in [0.3, 0.4) is 0 Å². The number of likely N-dealkylation sites (tertiary alicyclic amines) is 1. The van der Waals surface area contributed by atoms with Crippen molar-refractivity contribution < 1.29 is 19.8 Å². The molecule has 4 rings (SSSR count).